The van der Waals surface area contributed by atoms with E-state index in [-0.39, 0.29) is 5.96 Å². The zero-order chi connectivity index (χ0) is 17.1. The Morgan fingerprint density at radius 3 is 2.22 bits per heavy atom. The number of guanidine groups is 1. The summed E-state index contributed by atoms with van der Waals surface area (Å²) in [5.74, 6) is 1.57. The number of hydrogen-bond acceptors (Lipinski definition) is 5. The Morgan fingerprint density at radius 1 is 1.09 bits per heavy atom. The van der Waals surface area contributed by atoms with Crippen molar-refractivity contribution in [3.05, 3.63) is 48.5 Å². The minimum Gasteiger partial charge on any atom is -0.497 e. The van der Waals surface area contributed by atoms with E-state index in [1.54, 1.807) is 44.7 Å². The number of benzene rings is 2. The number of aliphatic imine (C=N–C) groups is 1. The molecule has 7 heteroatoms. The molecule has 0 radical (unpaired) electrons. The third-order valence-corrected chi connectivity index (χ3v) is 2.61. The fourth-order valence-corrected chi connectivity index (χ4v) is 1.57. The quantitative estimate of drug-likeness (QED) is 0.346. The summed E-state index contributed by atoms with van der Waals surface area (Å²) < 4.78 is 9.93. The first-order chi connectivity index (χ1) is 11.1. The van der Waals surface area contributed by atoms with E-state index in [0.29, 0.717) is 5.75 Å². The second-order valence-corrected chi connectivity index (χ2v) is 4.23. The van der Waals surface area contributed by atoms with Gasteiger partial charge in [-0.15, -0.1) is 4.99 Å². The van der Waals surface area contributed by atoms with Gasteiger partial charge in [-0.2, -0.15) is 5.26 Å². The number of nitrogens with one attached hydrogen (secondary N) is 1. The zero-order valence-electron chi connectivity index (χ0n) is 13.0. The molecular formula is C16H19N5O2. The average Bonchev–Trinajstić information content (AvgIpc) is 2.55. The Balaban J connectivity index is 0.000000253. The number of ether oxygens (including phenoxy) is 2. The van der Waals surface area contributed by atoms with E-state index in [1.165, 1.54) is 0 Å². The normalized spacial score (nSPS) is 9.87. The van der Waals surface area contributed by atoms with Crippen molar-refractivity contribution in [3.8, 4) is 17.7 Å². The molecule has 0 aromatic heterocycles. The number of rotatable bonds is 3. The van der Waals surface area contributed by atoms with Crippen molar-refractivity contribution in [2.45, 2.75) is 0 Å². The van der Waals surface area contributed by atoms with Gasteiger partial charge >= 0.3 is 0 Å². The fourth-order valence-electron chi connectivity index (χ4n) is 1.57. The van der Waals surface area contributed by atoms with Crippen LogP contribution in [0.15, 0.2) is 53.5 Å². The molecule has 0 bridgehead atoms. The first-order valence-electron chi connectivity index (χ1n) is 6.62. The lowest BCUT2D eigenvalue weighted by Crippen LogP contribution is -2.21. The molecule has 120 valence electrons. The van der Waals surface area contributed by atoms with E-state index < -0.39 is 0 Å². The number of methoxy groups -OCH3 is 2. The summed E-state index contributed by atoms with van der Waals surface area (Å²) in [6, 6.07) is 14.5. The number of anilines is 2. The van der Waals surface area contributed by atoms with Crippen molar-refractivity contribution in [1.29, 1.82) is 5.26 Å². The molecule has 2 aromatic rings. The van der Waals surface area contributed by atoms with Gasteiger partial charge < -0.3 is 26.3 Å². The number of hydrogen-bond donors (Lipinski definition) is 3. The topological polar surface area (TPSA) is 119 Å². The maximum Gasteiger partial charge on any atom is 0.209 e. The minimum atomic E-state index is 0.0563. The summed E-state index contributed by atoms with van der Waals surface area (Å²) in [5.41, 5.74) is 12.3. The highest BCUT2D eigenvalue weighted by Crippen LogP contribution is 2.16. The smallest absolute Gasteiger partial charge is 0.209 e. The van der Waals surface area contributed by atoms with Crippen LogP contribution in [0.3, 0.4) is 0 Å². The largest absolute Gasteiger partial charge is 0.497 e. The molecule has 0 saturated carbocycles. The molecule has 2 rings (SSSR count). The summed E-state index contributed by atoms with van der Waals surface area (Å²) >= 11 is 0. The van der Waals surface area contributed by atoms with Crippen LogP contribution in [0.5, 0.6) is 11.5 Å². The molecule has 0 aliphatic heterocycles. The first kappa shape index (κ1) is 17.7. The molecule has 0 aliphatic carbocycles. The molecule has 23 heavy (non-hydrogen) atoms. The Bertz CT molecular complexity index is 695. The standard InChI is InChI=1S/C9H10N4O.C7H9NO/c1-14-8-4-2-3-7(5-8)13-9(11)12-6-10;1-9-7-4-2-3-6(8)5-7/h2-5H,1H3,(H3,11,12,13);2-5H,8H2,1H3. The summed E-state index contributed by atoms with van der Waals surface area (Å²) in [5, 5.41) is 11.0. The van der Waals surface area contributed by atoms with Crippen LogP contribution in [0.2, 0.25) is 0 Å². The van der Waals surface area contributed by atoms with Crippen LogP contribution in [-0.2, 0) is 0 Å². The lowest BCUT2D eigenvalue weighted by Gasteiger charge is -2.05. The van der Waals surface area contributed by atoms with Crippen molar-refractivity contribution >= 4 is 17.3 Å². The van der Waals surface area contributed by atoms with E-state index in [1.807, 2.05) is 24.3 Å². The molecule has 0 unspecified atom stereocenters. The predicted octanol–water partition coefficient (Wildman–Crippen LogP) is 2.18. The molecule has 5 N–H and O–H groups in total. The molecule has 2 aromatic carbocycles. The van der Waals surface area contributed by atoms with Crippen LogP contribution in [0.25, 0.3) is 0 Å². The Hall–Kier alpha value is -3.40. The Kier molecular flexibility index (Phi) is 7.31. The lowest BCUT2D eigenvalue weighted by atomic mass is 10.3. The lowest BCUT2D eigenvalue weighted by molar-refractivity contribution is 0.415. The third-order valence-electron chi connectivity index (χ3n) is 2.61. The van der Waals surface area contributed by atoms with E-state index in [0.717, 1.165) is 17.1 Å². The molecule has 0 saturated heterocycles. The van der Waals surface area contributed by atoms with Gasteiger partial charge in [-0.25, -0.2) is 0 Å². The van der Waals surface area contributed by atoms with Gasteiger partial charge in [0.15, 0.2) is 0 Å². The van der Waals surface area contributed by atoms with Gasteiger partial charge in [0.25, 0.3) is 0 Å². The number of nitrogens with two attached hydrogens (primary N) is 2. The zero-order valence-corrected chi connectivity index (χ0v) is 13.0. The summed E-state index contributed by atoms with van der Waals surface area (Å²) in [7, 11) is 3.20. The second-order valence-electron chi connectivity index (χ2n) is 4.23. The SMILES string of the molecule is COc1cccc(N)c1.COc1cccc(N/C(N)=N\C#N)c1. The highest BCUT2D eigenvalue weighted by molar-refractivity contribution is 5.92. The van der Waals surface area contributed by atoms with Gasteiger partial charge in [0.2, 0.25) is 12.2 Å². The summed E-state index contributed by atoms with van der Waals surface area (Å²) in [6.45, 7) is 0. The van der Waals surface area contributed by atoms with Crippen molar-refractivity contribution in [1.82, 2.24) is 0 Å². The van der Waals surface area contributed by atoms with Crippen molar-refractivity contribution in [3.63, 3.8) is 0 Å². The maximum atomic E-state index is 8.23. The third kappa shape index (κ3) is 6.73. The summed E-state index contributed by atoms with van der Waals surface area (Å²) in [4.78, 5) is 3.32. The Morgan fingerprint density at radius 2 is 1.70 bits per heavy atom. The van der Waals surface area contributed by atoms with Gasteiger partial charge in [-0.1, -0.05) is 12.1 Å². The van der Waals surface area contributed by atoms with E-state index in [2.05, 4.69) is 10.3 Å². The maximum absolute atomic E-state index is 8.23. The molecule has 0 fully saturated rings. The Labute approximate surface area is 135 Å². The summed E-state index contributed by atoms with van der Waals surface area (Å²) in [6.07, 6.45) is 1.59. The highest BCUT2D eigenvalue weighted by Gasteiger charge is 1.96. The molecular weight excluding hydrogens is 294 g/mol. The van der Waals surface area contributed by atoms with Crippen LogP contribution in [0, 0.1) is 11.5 Å². The van der Waals surface area contributed by atoms with Crippen LogP contribution < -0.4 is 26.3 Å². The van der Waals surface area contributed by atoms with E-state index in [9.17, 15) is 0 Å². The molecule has 0 aliphatic rings. The first-order valence-corrected chi connectivity index (χ1v) is 6.62. The van der Waals surface area contributed by atoms with Crippen LogP contribution in [0.4, 0.5) is 11.4 Å². The van der Waals surface area contributed by atoms with Crippen molar-refractivity contribution < 1.29 is 9.47 Å². The van der Waals surface area contributed by atoms with Gasteiger partial charge in [-0.05, 0) is 24.3 Å². The molecule has 0 heterocycles. The molecule has 0 amide bonds. The van der Waals surface area contributed by atoms with Gasteiger partial charge in [0.1, 0.15) is 11.5 Å². The molecule has 0 spiro atoms. The molecule has 0 atom stereocenters. The van der Waals surface area contributed by atoms with E-state index in [4.69, 9.17) is 26.2 Å². The van der Waals surface area contributed by atoms with Crippen molar-refractivity contribution in [2.75, 3.05) is 25.3 Å². The average molecular weight is 313 g/mol. The van der Waals surface area contributed by atoms with Gasteiger partial charge in [-0.3, -0.25) is 0 Å². The number of nitriles is 1. The van der Waals surface area contributed by atoms with Crippen LogP contribution >= 0.6 is 0 Å². The monoisotopic (exact) mass is 313 g/mol. The van der Waals surface area contributed by atoms with E-state index >= 15 is 0 Å². The van der Waals surface area contributed by atoms with Crippen LogP contribution in [-0.4, -0.2) is 20.2 Å². The van der Waals surface area contributed by atoms with Crippen molar-refractivity contribution in [2.24, 2.45) is 10.7 Å². The number of nitrogens with zero attached hydrogens (tertiary/aromatic N) is 2. The number of nitrogen functional groups attached to an aromatic ring is 1. The second kappa shape index (κ2) is 9.52. The fraction of sp³-hybridized carbons (Fsp3) is 0.125. The highest BCUT2D eigenvalue weighted by atomic mass is 16.5. The van der Waals surface area contributed by atoms with Crippen LogP contribution in [0.1, 0.15) is 0 Å². The minimum absolute atomic E-state index is 0.0563. The van der Waals surface area contributed by atoms with Gasteiger partial charge in [0.05, 0.1) is 14.2 Å². The van der Waals surface area contributed by atoms with Gasteiger partial charge in [0, 0.05) is 23.5 Å². The predicted molar refractivity (Wildman–Crippen MR) is 91.3 cm³/mol. The molecule has 7 nitrogen and oxygen atoms in total.